The van der Waals surface area contributed by atoms with Crippen LogP contribution in [0.2, 0.25) is 0 Å². The number of piperazine rings is 1. The zero-order chi connectivity index (χ0) is 26.6. The molecule has 2 fully saturated rings. The fourth-order valence-corrected chi connectivity index (χ4v) is 6.57. The summed E-state index contributed by atoms with van der Waals surface area (Å²) in [5.41, 5.74) is 3.01. The summed E-state index contributed by atoms with van der Waals surface area (Å²) >= 11 is 0. The summed E-state index contributed by atoms with van der Waals surface area (Å²) < 4.78 is 28.1. The molecule has 0 aromatic heterocycles. The molecule has 2 aromatic rings. The number of hydrogen-bond acceptors (Lipinski definition) is 5. The van der Waals surface area contributed by atoms with Crippen molar-refractivity contribution in [3.05, 3.63) is 54.1 Å². The first kappa shape index (κ1) is 27.1. The number of carbonyl (C=O) groups is 2. The van der Waals surface area contributed by atoms with E-state index in [4.69, 9.17) is 0 Å². The monoisotopic (exact) mass is 526 g/mol. The summed E-state index contributed by atoms with van der Waals surface area (Å²) in [6.07, 6.45) is 3.25. The van der Waals surface area contributed by atoms with Crippen molar-refractivity contribution in [2.75, 3.05) is 36.4 Å². The van der Waals surface area contributed by atoms with Crippen LogP contribution in [0.25, 0.3) is 0 Å². The van der Waals surface area contributed by atoms with Gasteiger partial charge in [-0.2, -0.15) is 0 Å². The molecule has 2 amide bonds. The molecule has 1 atom stereocenters. The average molecular weight is 527 g/mol. The Bertz CT molecular complexity index is 1210. The normalized spacial score (nSPS) is 22.5. The largest absolute Gasteiger partial charge is 0.365 e. The molecule has 200 valence electrons. The van der Waals surface area contributed by atoms with Crippen molar-refractivity contribution in [1.29, 1.82) is 0 Å². The summed E-state index contributed by atoms with van der Waals surface area (Å²) in [5, 5.41) is 2.63. The van der Waals surface area contributed by atoms with Gasteiger partial charge < -0.3 is 15.1 Å². The summed E-state index contributed by atoms with van der Waals surface area (Å²) in [6, 6.07) is 14.9. The van der Waals surface area contributed by atoms with Gasteiger partial charge in [-0.3, -0.25) is 9.59 Å². The van der Waals surface area contributed by atoms with Gasteiger partial charge in [0, 0.05) is 56.4 Å². The van der Waals surface area contributed by atoms with E-state index in [-0.39, 0.29) is 34.6 Å². The summed E-state index contributed by atoms with van der Waals surface area (Å²) in [7, 11) is -3.63. The topological polar surface area (TPSA) is 98.8 Å². The maximum absolute atomic E-state index is 13.3. The van der Waals surface area contributed by atoms with E-state index in [1.54, 1.807) is 12.1 Å². The van der Waals surface area contributed by atoms with Crippen molar-refractivity contribution >= 4 is 33.2 Å². The lowest BCUT2D eigenvalue weighted by atomic mass is 9.81. The maximum atomic E-state index is 13.3. The van der Waals surface area contributed by atoms with Gasteiger partial charge >= 0.3 is 0 Å². The minimum Gasteiger partial charge on any atom is -0.365 e. The molecule has 1 heterocycles. The van der Waals surface area contributed by atoms with Gasteiger partial charge in [0.25, 0.3) is 0 Å². The highest BCUT2D eigenvalue weighted by Crippen LogP contribution is 2.31. The van der Waals surface area contributed by atoms with E-state index < -0.39 is 10.0 Å². The van der Waals surface area contributed by atoms with Gasteiger partial charge in [-0.15, -0.1) is 0 Å². The Hall–Kier alpha value is -2.91. The summed E-state index contributed by atoms with van der Waals surface area (Å²) in [4.78, 5) is 29.0. The molecule has 2 aromatic carbocycles. The van der Waals surface area contributed by atoms with Crippen LogP contribution in [0.4, 0.5) is 11.4 Å². The Morgan fingerprint density at radius 3 is 2.32 bits per heavy atom. The third-order valence-corrected chi connectivity index (χ3v) is 8.95. The fourth-order valence-electron chi connectivity index (χ4n) is 5.45. The second-order valence-corrected chi connectivity index (χ2v) is 12.2. The van der Waals surface area contributed by atoms with E-state index >= 15 is 0 Å². The SMILES string of the molecule is CC(=O)Nc1ccc(S(=O)(=O)NCC2CCC(C(=O)N3CCN(c4cccc(C)c4)[C@H](C)C3)CC2)cc1. The highest BCUT2D eigenvalue weighted by Gasteiger charge is 2.33. The first-order chi connectivity index (χ1) is 17.6. The molecule has 0 radical (unpaired) electrons. The standard InChI is InChI=1S/C28H38N4O4S/c1-20-5-4-6-26(17-20)32-16-15-31(19-21(32)2)28(34)24-9-7-23(8-10-24)18-29-37(35,36)27-13-11-25(12-14-27)30-22(3)33/h4-6,11-14,17,21,23-24,29H,7-10,15-16,18-19H2,1-3H3,(H,30,33)/t21-,23?,24?/m1/s1. The van der Waals surface area contributed by atoms with Crippen LogP contribution in [0.15, 0.2) is 53.4 Å². The van der Waals surface area contributed by atoms with Gasteiger partial charge in [0.05, 0.1) is 4.90 Å². The van der Waals surface area contributed by atoms with E-state index in [1.165, 1.54) is 30.3 Å². The van der Waals surface area contributed by atoms with Gasteiger partial charge in [0.1, 0.15) is 0 Å². The molecule has 1 aliphatic carbocycles. The molecule has 0 unspecified atom stereocenters. The smallest absolute Gasteiger partial charge is 0.240 e. The minimum atomic E-state index is -3.63. The third kappa shape index (κ3) is 6.90. The van der Waals surface area contributed by atoms with Crippen LogP contribution in [0.3, 0.4) is 0 Å². The molecule has 1 saturated carbocycles. The van der Waals surface area contributed by atoms with Gasteiger partial charge in [0.2, 0.25) is 21.8 Å². The van der Waals surface area contributed by atoms with Crippen molar-refractivity contribution < 1.29 is 18.0 Å². The molecule has 37 heavy (non-hydrogen) atoms. The number of anilines is 2. The molecule has 1 saturated heterocycles. The first-order valence-corrected chi connectivity index (χ1v) is 14.6. The van der Waals surface area contributed by atoms with E-state index in [1.807, 2.05) is 4.90 Å². The minimum absolute atomic E-state index is 0.0203. The van der Waals surface area contributed by atoms with Crippen molar-refractivity contribution in [3.8, 4) is 0 Å². The van der Waals surface area contributed by atoms with Gasteiger partial charge in [-0.1, -0.05) is 12.1 Å². The zero-order valence-electron chi connectivity index (χ0n) is 21.9. The second-order valence-electron chi connectivity index (χ2n) is 10.4. The lowest BCUT2D eigenvalue weighted by molar-refractivity contribution is -0.137. The number of nitrogens with one attached hydrogen (secondary N) is 2. The molecule has 2 N–H and O–H groups in total. The van der Waals surface area contributed by atoms with Crippen molar-refractivity contribution in [1.82, 2.24) is 9.62 Å². The quantitative estimate of drug-likeness (QED) is 0.572. The molecular weight excluding hydrogens is 488 g/mol. The number of aryl methyl sites for hydroxylation is 1. The number of benzene rings is 2. The number of amides is 2. The molecule has 4 rings (SSSR count). The van der Waals surface area contributed by atoms with Gasteiger partial charge in [0.15, 0.2) is 0 Å². The Morgan fingerprint density at radius 2 is 1.70 bits per heavy atom. The predicted molar refractivity (Wildman–Crippen MR) is 146 cm³/mol. The molecule has 8 nitrogen and oxygen atoms in total. The molecule has 9 heteroatoms. The summed E-state index contributed by atoms with van der Waals surface area (Å²) in [5.74, 6) is 0.275. The van der Waals surface area contributed by atoms with Crippen LogP contribution in [0.1, 0.15) is 45.1 Å². The average Bonchev–Trinajstić information content (AvgIpc) is 2.87. The van der Waals surface area contributed by atoms with Crippen molar-refractivity contribution in [2.24, 2.45) is 11.8 Å². The lowest BCUT2D eigenvalue weighted by Gasteiger charge is -2.43. The maximum Gasteiger partial charge on any atom is 0.240 e. The number of sulfonamides is 1. The number of hydrogen-bond donors (Lipinski definition) is 2. The van der Waals surface area contributed by atoms with Crippen LogP contribution in [0.5, 0.6) is 0 Å². The highest BCUT2D eigenvalue weighted by atomic mass is 32.2. The molecule has 1 aliphatic heterocycles. The van der Waals surface area contributed by atoms with Crippen molar-refractivity contribution in [3.63, 3.8) is 0 Å². The van der Waals surface area contributed by atoms with E-state index in [0.29, 0.717) is 12.2 Å². The fraction of sp³-hybridized carbons (Fsp3) is 0.500. The predicted octanol–water partition coefficient (Wildman–Crippen LogP) is 3.78. The van der Waals surface area contributed by atoms with Gasteiger partial charge in [-0.05, 0) is 87.4 Å². The van der Waals surface area contributed by atoms with E-state index in [0.717, 1.165) is 45.3 Å². The zero-order valence-corrected chi connectivity index (χ0v) is 22.8. The van der Waals surface area contributed by atoms with Crippen LogP contribution in [-0.2, 0) is 19.6 Å². The van der Waals surface area contributed by atoms with Crippen LogP contribution in [-0.4, -0.2) is 57.4 Å². The number of rotatable bonds is 7. The Balaban J connectivity index is 1.23. The van der Waals surface area contributed by atoms with Crippen LogP contribution >= 0.6 is 0 Å². The molecule has 0 spiro atoms. The van der Waals surface area contributed by atoms with Crippen molar-refractivity contribution in [2.45, 2.75) is 57.4 Å². The Morgan fingerprint density at radius 1 is 1.00 bits per heavy atom. The Kier molecular flexibility index (Phi) is 8.54. The highest BCUT2D eigenvalue weighted by molar-refractivity contribution is 7.89. The Labute approximate surface area is 220 Å². The van der Waals surface area contributed by atoms with Gasteiger partial charge in [-0.25, -0.2) is 13.1 Å². The molecule has 0 bridgehead atoms. The molecule has 2 aliphatic rings. The van der Waals surface area contributed by atoms with E-state index in [2.05, 4.69) is 53.1 Å². The third-order valence-electron chi connectivity index (χ3n) is 7.52. The lowest BCUT2D eigenvalue weighted by Crippen LogP contribution is -2.55. The van der Waals surface area contributed by atoms with E-state index in [9.17, 15) is 18.0 Å². The number of carbonyl (C=O) groups excluding carboxylic acids is 2. The second kappa shape index (κ2) is 11.6. The first-order valence-electron chi connectivity index (χ1n) is 13.1. The van der Waals surface area contributed by atoms with Crippen LogP contribution < -0.4 is 14.9 Å². The number of nitrogens with zero attached hydrogens (tertiary/aromatic N) is 2. The molecular formula is C28H38N4O4S. The van der Waals surface area contributed by atoms with Crippen LogP contribution in [0, 0.1) is 18.8 Å². The summed E-state index contributed by atoms with van der Waals surface area (Å²) in [6.45, 7) is 8.34.